The number of nitrogens with zero attached hydrogens (tertiary/aromatic N) is 2. The van der Waals surface area contributed by atoms with Gasteiger partial charge in [-0.05, 0) is 73.7 Å². The number of fused-ring (bicyclic) bond motifs is 2. The van der Waals surface area contributed by atoms with Crippen molar-refractivity contribution in [2.45, 2.75) is 25.7 Å². The summed E-state index contributed by atoms with van der Waals surface area (Å²) >= 11 is 6.15. The van der Waals surface area contributed by atoms with E-state index in [1.165, 1.54) is 16.8 Å². The Bertz CT molecular complexity index is 1630. The SMILES string of the molecule is COc1ccc(N=c2oc3c4c5c(cc3cc2C(=O)Nc2cccc(Cl)c2)CCCN5CCC4)c(OC)c1. The smallest absolute Gasteiger partial charge is 0.261 e. The Labute approximate surface area is 225 Å². The van der Waals surface area contributed by atoms with Crippen LogP contribution in [0, 0.1) is 0 Å². The van der Waals surface area contributed by atoms with Crippen molar-refractivity contribution < 1.29 is 18.7 Å². The van der Waals surface area contributed by atoms with Crippen molar-refractivity contribution in [3.8, 4) is 11.5 Å². The van der Waals surface area contributed by atoms with Gasteiger partial charge in [0.05, 0.1) is 14.2 Å². The van der Waals surface area contributed by atoms with Gasteiger partial charge in [-0.15, -0.1) is 0 Å². The Morgan fingerprint density at radius 1 is 1.03 bits per heavy atom. The van der Waals surface area contributed by atoms with Gasteiger partial charge in [0.25, 0.3) is 5.91 Å². The van der Waals surface area contributed by atoms with Gasteiger partial charge in [0.1, 0.15) is 28.3 Å². The lowest BCUT2D eigenvalue weighted by molar-refractivity contribution is 0.102. The molecule has 0 bridgehead atoms. The number of hydrogen-bond donors (Lipinski definition) is 1. The van der Waals surface area contributed by atoms with E-state index in [1.807, 2.05) is 6.07 Å². The topological polar surface area (TPSA) is 76.3 Å². The van der Waals surface area contributed by atoms with E-state index in [4.69, 9.17) is 30.5 Å². The maximum absolute atomic E-state index is 13.6. The van der Waals surface area contributed by atoms with Gasteiger partial charge in [0.15, 0.2) is 0 Å². The first-order valence-corrected chi connectivity index (χ1v) is 13.1. The first-order valence-electron chi connectivity index (χ1n) is 12.8. The van der Waals surface area contributed by atoms with Crippen LogP contribution in [-0.4, -0.2) is 33.2 Å². The average molecular weight is 530 g/mol. The molecule has 0 fully saturated rings. The van der Waals surface area contributed by atoms with E-state index >= 15 is 0 Å². The summed E-state index contributed by atoms with van der Waals surface area (Å²) in [5.41, 5.74) is 6.24. The van der Waals surface area contributed by atoms with Gasteiger partial charge in [0, 0.05) is 46.5 Å². The largest absolute Gasteiger partial charge is 0.497 e. The van der Waals surface area contributed by atoms with Crippen LogP contribution < -0.4 is 25.2 Å². The molecule has 0 saturated carbocycles. The lowest BCUT2D eigenvalue weighted by Crippen LogP contribution is -2.34. The summed E-state index contributed by atoms with van der Waals surface area (Å²) in [7, 11) is 3.17. The van der Waals surface area contributed by atoms with Crippen LogP contribution in [0.3, 0.4) is 0 Å². The van der Waals surface area contributed by atoms with Gasteiger partial charge in [0.2, 0.25) is 5.55 Å². The monoisotopic (exact) mass is 529 g/mol. The highest BCUT2D eigenvalue weighted by Gasteiger charge is 2.27. The first-order chi connectivity index (χ1) is 18.5. The minimum atomic E-state index is -0.336. The fraction of sp³-hybridized carbons (Fsp3) is 0.267. The Balaban J connectivity index is 1.57. The number of rotatable bonds is 5. The Kier molecular flexibility index (Phi) is 6.45. The number of methoxy groups -OCH3 is 2. The fourth-order valence-electron chi connectivity index (χ4n) is 5.45. The van der Waals surface area contributed by atoms with Crippen LogP contribution in [0.1, 0.15) is 34.3 Å². The van der Waals surface area contributed by atoms with Crippen LogP contribution >= 0.6 is 11.6 Å². The van der Waals surface area contributed by atoms with Gasteiger partial charge in [-0.1, -0.05) is 17.7 Å². The van der Waals surface area contributed by atoms with Crippen LogP contribution in [0.4, 0.5) is 17.1 Å². The lowest BCUT2D eigenvalue weighted by atomic mass is 9.90. The molecule has 1 amide bonds. The molecular weight excluding hydrogens is 502 g/mol. The van der Waals surface area contributed by atoms with Crippen molar-refractivity contribution >= 4 is 45.5 Å². The molecule has 2 aliphatic heterocycles. The van der Waals surface area contributed by atoms with Crippen LogP contribution in [0.25, 0.3) is 11.0 Å². The van der Waals surface area contributed by atoms with Crippen LogP contribution in [0.15, 0.2) is 64.0 Å². The summed E-state index contributed by atoms with van der Waals surface area (Å²) in [6, 6.07) is 16.4. The van der Waals surface area contributed by atoms with E-state index < -0.39 is 0 Å². The molecule has 0 atom stereocenters. The standard InChI is InChI=1S/C30H28ClN3O4/c1-36-22-10-11-25(26(17-22)37-2)33-30-24(29(35)32-21-8-3-7-20(31)16-21)15-19-14-18-6-4-12-34-13-5-9-23(27(18)34)28(19)38-30/h3,7-8,10-11,14-17H,4-6,9,12-13H2,1-2H3,(H,32,35). The van der Waals surface area contributed by atoms with Gasteiger partial charge < -0.3 is 24.1 Å². The summed E-state index contributed by atoms with van der Waals surface area (Å²) in [6.07, 6.45) is 4.14. The van der Waals surface area contributed by atoms with E-state index in [0.717, 1.165) is 49.7 Å². The van der Waals surface area contributed by atoms with E-state index in [0.29, 0.717) is 33.5 Å². The third kappa shape index (κ3) is 4.47. The van der Waals surface area contributed by atoms with Crippen molar-refractivity contribution in [2.75, 3.05) is 37.5 Å². The average Bonchev–Trinajstić information content (AvgIpc) is 2.93. The number of anilines is 2. The molecule has 7 nitrogen and oxygen atoms in total. The molecular formula is C30H28ClN3O4. The van der Waals surface area contributed by atoms with Crippen molar-refractivity contribution in [3.63, 3.8) is 0 Å². The van der Waals surface area contributed by atoms with E-state index in [9.17, 15) is 4.79 Å². The Hall–Kier alpha value is -3.97. The number of amides is 1. The number of carbonyl (C=O) groups excluding carboxylic acids is 1. The zero-order valence-corrected chi connectivity index (χ0v) is 22.1. The zero-order chi connectivity index (χ0) is 26.2. The van der Waals surface area contributed by atoms with E-state index in [2.05, 4.69) is 16.3 Å². The molecule has 194 valence electrons. The summed E-state index contributed by atoms with van der Waals surface area (Å²) in [5.74, 6) is 0.822. The predicted octanol–water partition coefficient (Wildman–Crippen LogP) is 6.29. The maximum Gasteiger partial charge on any atom is 0.261 e. The zero-order valence-electron chi connectivity index (χ0n) is 21.3. The third-order valence-electron chi connectivity index (χ3n) is 7.17. The summed E-state index contributed by atoms with van der Waals surface area (Å²) < 4.78 is 17.4. The van der Waals surface area contributed by atoms with Crippen molar-refractivity contribution in [2.24, 2.45) is 4.99 Å². The number of halogens is 1. The molecule has 0 spiro atoms. The second kappa shape index (κ2) is 10.1. The van der Waals surface area contributed by atoms with Crippen molar-refractivity contribution in [3.05, 3.63) is 81.9 Å². The molecule has 38 heavy (non-hydrogen) atoms. The highest BCUT2D eigenvalue weighted by Crippen LogP contribution is 2.40. The second-order valence-corrected chi connectivity index (χ2v) is 9.99. The second-order valence-electron chi connectivity index (χ2n) is 9.55. The molecule has 8 heteroatoms. The molecule has 4 aromatic rings. The fourth-order valence-corrected chi connectivity index (χ4v) is 5.64. The number of benzene rings is 3. The number of ether oxygens (including phenoxy) is 2. The molecule has 0 aliphatic carbocycles. The van der Waals surface area contributed by atoms with Crippen molar-refractivity contribution in [1.82, 2.24) is 0 Å². The number of carbonyl (C=O) groups is 1. The van der Waals surface area contributed by atoms with Gasteiger partial charge >= 0.3 is 0 Å². The molecule has 1 aromatic heterocycles. The van der Waals surface area contributed by atoms with Gasteiger partial charge in [-0.2, -0.15) is 0 Å². The summed E-state index contributed by atoms with van der Waals surface area (Å²) in [4.78, 5) is 20.9. The van der Waals surface area contributed by atoms with E-state index in [1.54, 1.807) is 56.7 Å². The highest BCUT2D eigenvalue weighted by molar-refractivity contribution is 6.31. The molecule has 1 N–H and O–H groups in total. The first kappa shape index (κ1) is 24.4. The summed E-state index contributed by atoms with van der Waals surface area (Å²) in [6.45, 7) is 2.12. The number of aryl methyl sites for hydroxylation is 2. The van der Waals surface area contributed by atoms with Crippen LogP contribution in [0.5, 0.6) is 11.5 Å². The third-order valence-corrected chi connectivity index (χ3v) is 7.40. The molecule has 2 aliphatic rings. The molecule has 3 heterocycles. The Morgan fingerprint density at radius 2 is 1.87 bits per heavy atom. The maximum atomic E-state index is 13.6. The Morgan fingerprint density at radius 3 is 2.66 bits per heavy atom. The molecule has 0 radical (unpaired) electrons. The lowest BCUT2D eigenvalue weighted by Gasteiger charge is -2.37. The summed E-state index contributed by atoms with van der Waals surface area (Å²) in [5, 5.41) is 4.38. The van der Waals surface area contributed by atoms with Crippen molar-refractivity contribution in [1.29, 1.82) is 0 Å². The van der Waals surface area contributed by atoms with E-state index in [-0.39, 0.29) is 11.5 Å². The highest BCUT2D eigenvalue weighted by atomic mass is 35.5. The molecule has 3 aromatic carbocycles. The number of hydrogen-bond acceptors (Lipinski definition) is 6. The predicted molar refractivity (Wildman–Crippen MR) is 149 cm³/mol. The van der Waals surface area contributed by atoms with Crippen LogP contribution in [0.2, 0.25) is 5.02 Å². The molecule has 0 saturated heterocycles. The molecule has 0 unspecified atom stereocenters. The van der Waals surface area contributed by atoms with Gasteiger partial charge in [-0.3, -0.25) is 4.79 Å². The van der Waals surface area contributed by atoms with Crippen LogP contribution in [-0.2, 0) is 12.8 Å². The molecule has 6 rings (SSSR count). The van der Waals surface area contributed by atoms with Gasteiger partial charge in [-0.25, -0.2) is 4.99 Å². The minimum Gasteiger partial charge on any atom is -0.497 e. The quantitative estimate of drug-likeness (QED) is 0.329. The normalized spacial score (nSPS) is 14.8. The minimum absolute atomic E-state index is 0.213. The number of nitrogens with one attached hydrogen (secondary N) is 1.